The molecule has 0 amide bonds. The lowest BCUT2D eigenvalue weighted by Crippen LogP contribution is -2.30. The van der Waals surface area contributed by atoms with Crippen molar-refractivity contribution in [3.63, 3.8) is 0 Å². The number of halogens is 1. The maximum Gasteiger partial charge on any atom is 0.0207 e. The molecular formula is C17H28BrN. The predicted molar refractivity (Wildman–Crippen MR) is 88.5 cm³/mol. The Morgan fingerprint density at radius 1 is 1.21 bits per heavy atom. The third-order valence-corrected chi connectivity index (χ3v) is 4.25. The van der Waals surface area contributed by atoms with Gasteiger partial charge in [-0.25, -0.2) is 0 Å². The van der Waals surface area contributed by atoms with E-state index in [9.17, 15) is 0 Å². The quantitative estimate of drug-likeness (QED) is 0.772. The Morgan fingerprint density at radius 3 is 2.37 bits per heavy atom. The Labute approximate surface area is 127 Å². The van der Waals surface area contributed by atoms with Crippen molar-refractivity contribution in [1.82, 2.24) is 5.32 Å². The third-order valence-electron chi connectivity index (χ3n) is 3.48. The highest BCUT2D eigenvalue weighted by atomic mass is 79.9. The minimum Gasteiger partial charge on any atom is -0.317 e. The lowest BCUT2D eigenvalue weighted by atomic mass is 9.82. The second kappa shape index (κ2) is 7.44. The first-order valence-corrected chi connectivity index (χ1v) is 8.02. The molecule has 0 fully saturated rings. The number of benzene rings is 1. The van der Waals surface area contributed by atoms with Gasteiger partial charge in [-0.2, -0.15) is 0 Å². The predicted octanol–water partition coefficient (Wildman–Crippen LogP) is 5.04. The van der Waals surface area contributed by atoms with Crippen LogP contribution in [-0.4, -0.2) is 13.1 Å². The molecule has 0 spiro atoms. The van der Waals surface area contributed by atoms with E-state index in [4.69, 9.17) is 0 Å². The Morgan fingerprint density at radius 2 is 1.84 bits per heavy atom. The lowest BCUT2D eigenvalue weighted by Gasteiger charge is -2.27. The van der Waals surface area contributed by atoms with Crippen LogP contribution in [0.2, 0.25) is 0 Å². The molecule has 1 rings (SSSR count). The maximum atomic E-state index is 3.64. The summed E-state index contributed by atoms with van der Waals surface area (Å²) in [6, 6.07) is 9.08. The second-order valence-corrected chi connectivity index (χ2v) is 7.74. The highest BCUT2D eigenvalue weighted by Crippen LogP contribution is 2.27. The molecule has 1 aromatic carbocycles. The summed E-state index contributed by atoms with van der Waals surface area (Å²) in [5, 5.41) is 3.47. The summed E-state index contributed by atoms with van der Waals surface area (Å²) in [5.74, 6) is 0.750. The summed E-state index contributed by atoms with van der Waals surface area (Å²) >= 11 is 3.64. The normalized spacial score (nSPS) is 15.3. The van der Waals surface area contributed by atoms with Gasteiger partial charge in [-0.1, -0.05) is 61.8 Å². The van der Waals surface area contributed by atoms with Crippen molar-refractivity contribution in [3.8, 4) is 0 Å². The highest BCUT2D eigenvalue weighted by molar-refractivity contribution is 9.10. The van der Waals surface area contributed by atoms with Gasteiger partial charge < -0.3 is 5.32 Å². The van der Waals surface area contributed by atoms with Crippen molar-refractivity contribution in [2.75, 3.05) is 7.05 Å². The Kier molecular flexibility index (Phi) is 6.55. The molecule has 1 N–H and O–H groups in total. The molecule has 2 atom stereocenters. The van der Waals surface area contributed by atoms with E-state index in [1.54, 1.807) is 0 Å². The Balaban J connectivity index is 2.57. The van der Waals surface area contributed by atoms with Crippen LogP contribution >= 0.6 is 15.9 Å². The van der Waals surface area contributed by atoms with Gasteiger partial charge in [-0.05, 0) is 49.3 Å². The third kappa shape index (κ3) is 6.58. The minimum absolute atomic E-state index is 0.422. The zero-order valence-corrected chi connectivity index (χ0v) is 14.5. The van der Waals surface area contributed by atoms with Crippen LogP contribution < -0.4 is 5.32 Å². The molecule has 0 radical (unpaired) electrons. The van der Waals surface area contributed by atoms with Crippen molar-refractivity contribution >= 4 is 15.9 Å². The molecule has 1 nitrogen and oxygen atoms in total. The van der Waals surface area contributed by atoms with Gasteiger partial charge >= 0.3 is 0 Å². The van der Waals surface area contributed by atoms with Crippen molar-refractivity contribution < 1.29 is 0 Å². The van der Waals surface area contributed by atoms with Crippen LogP contribution in [0.25, 0.3) is 0 Å². The molecule has 0 saturated carbocycles. The monoisotopic (exact) mass is 325 g/mol. The fourth-order valence-corrected chi connectivity index (χ4v) is 3.29. The van der Waals surface area contributed by atoms with Gasteiger partial charge in [0.1, 0.15) is 0 Å². The molecule has 19 heavy (non-hydrogen) atoms. The Hall–Kier alpha value is -0.340. The Bertz CT molecular complexity index is 381. The number of likely N-dealkylation sites (N-methyl/N-ethyl adjacent to an activating group) is 1. The summed E-state index contributed by atoms with van der Waals surface area (Å²) in [7, 11) is 2.07. The maximum absolute atomic E-state index is 3.64. The first kappa shape index (κ1) is 16.7. The molecule has 0 aliphatic rings. The van der Waals surface area contributed by atoms with Crippen molar-refractivity contribution in [2.45, 2.75) is 53.0 Å². The van der Waals surface area contributed by atoms with Crippen molar-refractivity contribution in [3.05, 3.63) is 34.3 Å². The molecule has 0 aromatic heterocycles. The summed E-state index contributed by atoms with van der Waals surface area (Å²) in [4.78, 5) is 0. The zero-order chi connectivity index (χ0) is 14.5. The molecule has 1 aromatic rings. The fraction of sp³-hybridized carbons (Fsp3) is 0.647. The minimum atomic E-state index is 0.422. The molecule has 0 heterocycles. The van der Waals surface area contributed by atoms with Crippen molar-refractivity contribution in [1.29, 1.82) is 0 Å². The van der Waals surface area contributed by atoms with Crippen LogP contribution in [0.1, 0.15) is 46.1 Å². The first-order valence-electron chi connectivity index (χ1n) is 7.22. The molecule has 0 bridgehead atoms. The van der Waals surface area contributed by atoms with E-state index < -0.39 is 0 Å². The number of nitrogens with one attached hydrogen (secondary N) is 1. The average Bonchev–Trinajstić information content (AvgIpc) is 2.28. The molecule has 0 aliphatic heterocycles. The smallest absolute Gasteiger partial charge is 0.0207 e. The first-order chi connectivity index (χ1) is 8.81. The van der Waals surface area contributed by atoms with Gasteiger partial charge in [0, 0.05) is 10.5 Å². The van der Waals surface area contributed by atoms with Gasteiger partial charge in [-0.15, -0.1) is 0 Å². The summed E-state index contributed by atoms with van der Waals surface area (Å²) in [5.41, 5.74) is 1.82. The van der Waals surface area contributed by atoms with Crippen LogP contribution in [0, 0.1) is 11.3 Å². The number of hydrogen-bond donors (Lipinski definition) is 1. The SMILES string of the molecule is CNC(Cc1ccccc1Br)CC(C)CC(C)(C)C. The van der Waals surface area contributed by atoms with Crippen LogP contribution in [0.4, 0.5) is 0 Å². The second-order valence-electron chi connectivity index (χ2n) is 6.89. The van der Waals surface area contributed by atoms with Gasteiger partial charge in [0.05, 0.1) is 0 Å². The van der Waals surface area contributed by atoms with Crippen LogP contribution in [0.5, 0.6) is 0 Å². The van der Waals surface area contributed by atoms with E-state index in [1.807, 2.05) is 0 Å². The number of rotatable bonds is 6. The highest BCUT2D eigenvalue weighted by Gasteiger charge is 2.19. The van der Waals surface area contributed by atoms with Gasteiger partial charge in [-0.3, -0.25) is 0 Å². The molecular weight excluding hydrogens is 298 g/mol. The number of hydrogen-bond acceptors (Lipinski definition) is 1. The molecule has 2 unspecified atom stereocenters. The summed E-state index contributed by atoms with van der Waals surface area (Å²) in [6.45, 7) is 9.35. The van der Waals surface area contributed by atoms with E-state index in [0.717, 1.165) is 12.3 Å². The average molecular weight is 326 g/mol. The van der Waals surface area contributed by atoms with Crippen molar-refractivity contribution in [2.24, 2.45) is 11.3 Å². The van der Waals surface area contributed by atoms with Gasteiger partial charge in [0.25, 0.3) is 0 Å². The molecule has 0 saturated heterocycles. The van der Waals surface area contributed by atoms with E-state index in [0.29, 0.717) is 11.5 Å². The standard InChI is InChI=1S/C17H28BrN/c1-13(12-17(2,3)4)10-15(19-5)11-14-8-6-7-9-16(14)18/h6-9,13,15,19H,10-12H2,1-5H3. The zero-order valence-electron chi connectivity index (χ0n) is 13.0. The summed E-state index contributed by atoms with van der Waals surface area (Å²) in [6.07, 6.45) is 3.60. The topological polar surface area (TPSA) is 12.0 Å². The van der Waals surface area contributed by atoms with E-state index in [-0.39, 0.29) is 0 Å². The van der Waals surface area contributed by atoms with Gasteiger partial charge in [0.15, 0.2) is 0 Å². The fourth-order valence-electron chi connectivity index (χ4n) is 2.85. The van der Waals surface area contributed by atoms with E-state index in [1.165, 1.54) is 22.9 Å². The summed E-state index contributed by atoms with van der Waals surface area (Å²) < 4.78 is 1.22. The van der Waals surface area contributed by atoms with Crippen LogP contribution in [0.15, 0.2) is 28.7 Å². The molecule has 2 heteroatoms. The van der Waals surface area contributed by atoms with E-state index >= 15 is 0 Å². The largest absolute Gasteiger partial charge is 0.317 e. The van der Waals surface area contributed by atoms with Crippen LogP contribution in [0.3, 0.4) is 0 Å². The van der Waals surface area contributed by atoms with Gasteiger partial charge in [0.2, 0.25) is 0 Å². The molecule has 0 aliphatic carbocycles. The van der Waals surface area contributed by atoms with Crippen LogP contribution in [-0.2, 0) is 6.42 Å². The lowest BCUT2D eigenvalue weighted by molar-refractivity contribution is 0.277. The molecule has 108 valence electrons. The van der Waals surface area contributed by atoms with E-state index in [2.05, 4.69) is 80.3 Å².